The van der Waals surface area contributed by atoms with Gasteiger partial charge in [0.2, 0.25) is 5.91 Å². The number of nitroso groups, excluding NO2 is 1. The van der Waals surface area contributed by atoms with Gasteiger partial charge in [0, 0.05) is 42.6 Å². The molecule has 3 amide bonds. The number of carbonyl (C=O) groups is 4. The van der Waals surface area contributed by atoms with Crippen LogP contribution < -0.4 is 26.6 Å². The SMILES string of the molecule is C=C(NC1CC(NC(=O)OCc2ccc([N+](=O)[O-])cc2)[C@@H](C[C@H]2OC(CNCC)=CC[C@H]2NC(C)=O)C(O)[C@H]1OC1OC[C@@H](C)[C@H](C(C)C(=O)OC(C)(C)C)C1N=O)C(O)CNC(=O)OC(C)(C)C. The van der Waals surface area contributed by atoms with Crippen molar-refractivity contribution < 1.29 is 62.7 Å². The van der Waals surface area contributed by atoms with Crippen molar-refractivity contribution in [2.75, 3.05) is 26.2 Å². The topological polar surface area (TPSA) is 297 Å². The van der Waals surface area contributed by atoms with Crippen LogP contribution in [0.3, 0.4) is 0 Å². The summed E-state index contributed by atoms with van der Waals surface area (Å²) in [5.41, 5.74) is -1.34. The average Bonchev–Trinajstić information content (AvgIpc) is 3.26. The number of aliphatic hydroxyl groups is 2. The number of rotatable bonds is 20. The number of esters is 1. The number of ether oxygens (including phenoxy) is 6. The fourth-order valence-corrected chi connectivity index (χ4v) is 8.80. The summed E-state index contributed by atoms with van der Waals surface area (Å²) in [6.07, 6.45) is -5.90. The molecule has 7 unspecified atom stereocenters. The number of benzene rings is 1. The molecule has 1 saturated heterocycles. The molecule has 1 aliphatic carbocycles. The Labute approximate surface area is 403 Å². The van der Waals surface area contributed by atoms with Crippen LogP contribution in [0.4, 0.5) is 15.3 Å². The maximum Gasteiger partial charge on any atom is 0.407 e. The van der Waals surface area contributed by atoms with Crippen molar-refractivity contribution in [2.45, 2.75) is 161 Å². The van der Waals surface area contributed by atoms with E-state index in [0.717, 1.165) is 0 Å². The van der Waals surface area contributed by atoms with Crippen molar-refractivity contribution in [3.8, 4) is 0 Å². The Morgan fingerprint density at radius 2 is 1.67 bits per heavy atom. The van der Waals surface area contributed by atoms with Crippen LogP contribution in [-0.2, 0) is 44.6 Å². The molecule has 0 aromatic heterocycles. The molecule has 2 heterocycles. The summed E-state index contributed by atoms with van der Waals surface area (Å²) >= 11 is 0. The first-order chi connectivity index (χ1) is 32.3. The molecule has 0 bridgehead atoms. The second-order valence-corrected chi connectivity index (χ2v) is 20.0. The Balaban J connectivity index is 1.74. The molecule has 22 heteroatoms. The molecule has 0 radical (unpaired) electrons. The molecule has 4 rings (SSSR count). The van der Waals surface area contributed by atoms with Gasteiger partial charge in [-0.1, -0.05) is 32.5 Å². The summed E-state index contributed by atoms with van der Waals surface area (Å²) < 4.78 is 35.8. The van der Waals surface area contributed by atoms with E-state index >= 15 is 0 Å². The Kier molecular flexibility index (Phi) is 20.3. The van der Waals surface area contributed by atoms with Crippen LogP contribution in [0, 0.1) is 38.7 Å². The van der Waals surface area contributed by atoms with E-state index < -0.39 is 107 Å². The molecule has 2 aliphatic heterocycles. The van der Waals surface area contributed by atoms with Crippen LogP contribution in [-0.4, -0.2) is 132 Å². The molecule has 3 aliphatic rings. The van der Waals surface area contributed by atoms with Gasteiger partial charge in [0.15, 0.2) is 6.29 Å². The number of carbonyl (C=O) groups excluding carboxylic acids is 4. The highest BCUT2D eigenvalue weighted by Gasteiger charge is 2.52. The Hall–Kier alpha value is -5.42. The van der Waals surface area contributed by atoms with Crippen molar-refractivity contribution in [1.29, 1.82) is 0 Å². The molecular formula is C47H73N7O15. The number of aliphatic hydroxyl groups excluding tert-OH is 2. The van der Waals surface area contributed by atoms with Gasteiger partial charge in [-0.25, -0.2) is 9.59 Å². The lowest BCUT2D eigenvalue weighted by molar-refractivity contribution is -0.384. The normalized spacial score (nSPS) is 28.0. The van der Waals surface area contributed by atoms with Crippen LogP contribution in [0.25, 0.3) is 0 Å². The number of alkyl carbamates (subject to hydrolysis) is 2. The summed E-state index contributed by atoms with van der Waals surface area (Å²) in [6, 6.07) is 1.64. The number of amides is 3. The second-order valence-electron chi connectivity index (χ2n) is 20.0. The summed E-state index contributed by atoms with van der Waals surface area (Å²) in [5.74, 6) is -3.10. The van der Waals surface area contributed by atoms with E-state index in [9.17, 15) is 44.4 Å². The number of likely N-dealkylation sites (N-methyl/N-ethyl adjacent to an activating group) is 1. The highest BCUT2D eigenvalue weighted by atomic mass is 16.7. The lowest BCUT2D eigenvalue weighted by Crippen LogP contribution is -2.65. The van der Waals surface area contributed by atoms with Gasteiger partial charge in [-0.3, -0.25) is 19.7 Å². The van der Waals surface area contributed by atoms with E-state index in [4.69, 9.17) is 28.4 Å². The van der Waals surface area contributed by atoms with Crippen molar-refractivity contribution in [1.82, 2.24) is 26.6 Å². The molecule has 0 spiro atoms. The smallest absolute Gasteiger partial charge is 0.407 e. The summed E-state index contributed by atoms with van der Waals surface area (Å²) in [5, 5.41) is 53.3. The van der Waals surface area contributed by atoms with Crippen LogP contribution in [0.1, 0.15) is 94.1 Å². The lowest BCUT2D eigenvalue weighted by Gasteiger charge is -2.49. The molecule has 7 N–H and O–H groups in total. The maximum absolute atomic E-state index is 13.7. The largest absolute Gasteiger partial charge is 0.492 e. The van der Waals surface area contributed by atoms with E-state index in [1.807, 2.05) is 19.9 Å². The minimum absolute atomic E-state index is 0.0194. The highest BCUT2D eigenvalue weighted by molar-refractivity contribution is 5.73. The van der Waals surface area contributed by atoms with Crippen LogP contribution in [0.15, 0.2) is 53.6 Å². The van der Waals surface area contributed by atoms with Crippen LogP contribution in [0.5, 0.6) is 0 Å². The van der Waals surface area contributed by atoms with E-state index in [-0.39, 0.29) is 55.8 Å². The zero-order valence-corrected chi connectivity index (χ0v) is 41.4. The molecule has 69 heavy (non-hydrogen) atoms. The van der Waals surface area contributed by atoms with E-state index in [0.29, 0.717) is 30.8 Å². The Morgan fingerprint density at radius 1 is 1.00 bits per heavy atom. The number of hydrogen-bond donors (Lipinski definition) is 7. The minimum atomic E-state index is -1.54. The van der Waals surface area contributed by atoms with Gasteiger partial charge < -0.3 is 65.2 Å². The molecular weight excluding hydrogens is 903 g/mol. The first-order valence-corrected chi connectivity index (χ1v) is 23.4. The molecule has 13 atom stereocenters. The molecule has 1 aromatic rings. The first kappa shape index (κ1) is 56.2. The first-order valence-electron chi connectivity index (χ1n) is 23.4. The predicted molar refractivity (Wildman–Crippen MR) is 251 cm³/mol. The number of hydrogen-bond acceptors (Lipinski definition) is 18. The number of nitro benzene ring substituents is 1. The van der Waals surface area contributed by atoms with Crippen LogP contribution >= 0.6 is 0 Å². The number of nitrogens with one attached hydrogen (secondary N) is 5. The van der Waals surface area contributed by atoms with Gasteiger partial charge in [0.05, 0.1) is 48.7 Å². The summed E-state index contributed by atoms with van der Waals surface area (Å²) in [7, 11) is 0. The van der Waals surface area contributed by atoms with E-state index in [1.54, 1.807) is 48.5 Å². The molecule has 1 saturated carbocycles. The summed E-state index contributed by atoms with van der Waals surface area (Å²) in [6.45, 7) is 21.5. The zero-order chi connectivity index (χ0) is 51.4. The third kappa shape index (κ3) is 16.9. The van der Waals surface area contributed by atoms with Crippen molar-refractivity contribution >= 4 is 29.8 Å². The number of non-ortho nitro benzene ring substituents is 1. The molecule has 1 aromatic carbocycles. The fraction of sp³-hybridized carbons (Fsp3) is 0.702. The third-order valence-electron chi connectivity index (χ3n) is 12.0. The van der Waals surface area contributed by atoms with Gasteiger partial charge in [0.1, 0.15) is 47.9 Å². The Bertz CT molecular complexity index is 1970. The molecule has 22 nitrogen and oxygen atoms in total. The maximum atomic E-state index is 13.7. The second kappa shape index (κ2) is 24.9. The molecule has 386 valence electrons. The predicted octanol–water partition coefficient (Wildman–Crippen LogP) is 4.21. The van der Waals surface area contributed by atoms with Crippen LogP contribution in [0.2, 0.25) is 0 Å². The number of nitro groups is 1. The minimum Gasteiger partial charge on any atom is -0.492 e. The Morgan fingerprint density at radius 3 is 2.26 bits per heavy atom. The zero-order valence-electron chi connectivity index (χ0n) is 41.4. The van der Waals surface area contributed by atoms with Crippen molar-refractivity contribution in [3.05, 3.63) is 69.0 Å². The summed E-state index contributed by atoms with van der Waals surface area (Å²) in [4.78, 5) is 75.7. The third-order valence-corrected chi connectivity index (χ3v) is 12.0. The van der Waals surface area contributed by atoms with Gasteiger partial charge in [-0.2, -0.15) is 4.91 Å². The van der Waals surface area contributed by atoms with Gasteiger partial charge in [0.25, 0.3) is 5.69 Å². The van der Waals surface area contributed by atoms with Gasteiger partial charge in [-0.05, 0) is 97.0 Å². The van der Waals surface area contributed by atoms with E-state index in [2.05, 4.69) is 38.3 Å². The monoisotopic (exact) mass is 976 g/mol. The van der Waals surface area contributed by atoms with Crippen molar-refractivity contribution in [3.63, 3.8) is 0 Å². The standard InChI is InChI=1S/C47H73N7O15/c1-12-48-21-31-17-18-33(51-28(5)55)37(66-31)19-32-34(52-45(60)65-24-29-13-15-30(16-14-29)54(62)63)20-35(50-27(4)36(56)22-49-44(59)69-47(9,10)11)41(40(32)57)67-43-39(53-61)38(25(2)23-64-43)26(3)42(58)68-46(6,7)8/h13-17,25-26,32-41,43,48,50,56-57H,4,12,18-24H2,1-3,5-11H3,(H,49,59)(H,51,55)(H,52,60)/t25-,26?,32-,33-,34?,35?,36?,37-,38-,39?,40?,41+,43?/m1/s1. The fourth-order valence-electron chi connectivity index (χ4n) is 8.80. The van der Waals surface area contributed by atoms with Gasteiger partial charge in [-0.15, -0.1) is 0 Å². The highest BCUT2D eigenvalue weighted by Crippen LogP contribution is 2.40. The van der Waals surface area contributed by atoms with E-state index in [1.165, 1.54) is 31.2 Å². The quantitative estimate of drug-likeness (QED) is 0.0317. The lowest BCUT2D eigenvalue weighted by atomic mass is 9.73. The van der Waals surface area contributed by atoms with Crippen molar-refractivity contribution in [2.24, 2.45) is 28.8 Å². The number of nitrogens with zero attached hydrogens (tertiary/aromatic N) is 2. The molecule has 2 fully saturated rings. The average molecular weight is 976 g/mol. The van der Waals surface area contributed by atoms with Gasteiger partial charge >= 0.3 is 18.2 Å².